The predicted octanol–water partition coefficient (Wildman–Crippen LogP) is 1.50. The monoisotopic (exact) mass is 240 g/mol. The first kappa shape index (κ1) is 10.7. The summed E-state index contributed by atoms with van der Waals surface area (Å²) in [6.45, 7) is 0.583. The molecule has 3 rings (SSSR count). The summed E-state index contributed by atoms with van der Waals surface area (Å²) in [5.41, 5.74) is 2.67. The van der Waals surface area contributed by atoms with Gasteiger partial charge in [0.25, 0.3) is 0 Å². The summed E-state index contributed by atoms with van der Waals surface area (Å²) < 4.78 is 1.58. The zero-order valence-corrected chi connectivity index (χ0v) is 9.73. The van der Waals surface area contributed by atoms with E-state index in [1.807, 2.05) is 18.2 Å². The van der Waals surface area contributed by atoms with Crippen molar-refractivity contribution in [3.05, 3.63) is 54.7 Å². The second-order valence-electron chi connectivity index (χ2n) is 3.87. The second kappa shape index (κ2) is 4.83. The lowest BCUT2D eigenvalue weighted by Crippen LogP contribution is -2.14. The Morgan fingerprint density at radius 2 is 2.00 bits per heavy atom. The molecule has 0 spiro atoms. The molecule has 5 nitrogen and oxygen atoms in total. The fourth-order valence-electron chi connectivity index (χ4n) is 1.75. The number of nitrogens with zero attached hydrogens (tertiary/aromatic N) is 4. The fraction of sp³-hybridized carbons (Fsp3) is 0.154. The number of rotatable bonds is 4. The molecule has 1 aromatic carbocycles. The van der Waals surface area contributed by atoms with Crippen LogP contribution in [0.2, 0.25) is 0 Å². The number of fused-ring (bicyclic) bond motifs is 1. The van der Waals surface area contributed by atoms with Crippen LogP contribution in [0.4, 0.5) is 0 Å². The first-order valence-corrected chi connectivity index (χ1v) is 5.74. The van der Waals surface area contributed by atoms with Crippen molar-refractivity contribution in [2.45, 2.75) is 6.42 Å². The van der Waals surface area contributed by atoms with Gasteiger partial charge in [0.2, 0.25) is 0 Å². The Kier molecular flexibility index (Phi) is 2.87. The fourth-order valence-corrected chi connectivity index (χ4v) is 1.75. The highest BCUT2D eigenvalue weighted by atomic mass is 16.7. The van der Waals surface area contributed by atoms with Gasteiger partial charge in [-0.3, -0.25) is 0 Å². The van der Waals surface area contributed by atoms with Crippen LogP contribution in [-0.2, 0) is 6.42 Å². The van der Waals surface area contributed by atoms with Crippen molar-refractivity contribution in [3.8, 4) is 0 Å². The van der Waals surface area contributed by atoms with Crippen molar-refractivity contribution in [3.63, 3.8) is 0 Å². The van der Waals surface area contributed by atoms with Gasteiger partial charge in [-0.05, 0) is 5.56 Å². The third kappa shape index (κ3) is 2.15. The number of hydrogen-bond acceptors (Lipinski definition) is 4. The maximum absolute atomic E-state index is 5.63. The van der Waals surface area contributed by atoms with E-state index in [9.17, 15) is 0 Å². The van der Waals surface area contributed by atoms with Crippen molar-refractivity contribution in [1.82, 2.24) is 19.7 Å². The first-order chi connectivity index (χ1) is 8.93. The van der Waals surface area contributed by atoms with E-state index >= 15 is 0 Å². The molecule has 0 aliphatic carbocycles. The molecular formula is C13H12N4O. The van der Waals surface area contributed by atoms with E-state index in [1.165, 1.54) is 11.9 Å². The summed E-state index contributed by atoms with van der Waals surface area (Å²) in [6, 6.07) is 10.2. The molecule has 0 amide bonds. The van der Waals surface area contributed by atoms with E-state index in [0.717, 1.165) is 11.9 Å². The normalized spacial score (nSPS) is 10.7. The standard InChI is InChI=1S/C13H12N4O/c1-2-4-11(5-3-1)6-7-18-17-10-16-12-8-14-9-15-13(12)17/h1-5,8-10H,6-7H2. The zero-order chi connectivity index (χ0) is 12.2. The van der Waals surface area contributed by atoms with E-state index in [2.05, 4.69) is 27.1 Å². The Morgan fingerprint density at radius 1 is 1.11 bits per heavy atom. The minimum Gasteiger partial charge on any atom is -0.410 e. The molecule has 0 fully saturated rings. The molecular weight excluding hydrogens is 228 g/mol. The van der Waals surface area contributed by atoms with Gasteiger partial charge < -0.3 is 4.84 Å². The van der Waals surface area contributed by atoms with Crippen molar-refractivity contribution >= 4 is 11.2 Å². The van der Waals surface area contributed by atoms with E-state index in [1.54, 1.807) is 17.3 Å². The molecule has 2 aromatic heterocycles. The number of aromatic nitrogens is 4. The van der Waals surface area contributed by atoms with E-state index < -0.39 is 0 Å². The molecule has 0 aliphatic rings. The summed E-state index contributed by atoms with van der Waals surface area (Å²) in [6.07, 6.45) is 5.62. The molecule has 0 unspecified atom stereocenters. The average molecular weight is 240 g/mol. The lowest BCUT2D eigenvalue weighted by Gasteiger charge is -2.06. The Labute approximate surface area is 104 Å². The molecule has 5 heteroatoms. The van der Waals surface area contributed by atoms with Gasteiger partial charge in [0, 0.05) is 6.42 Å². The summed E-state index contributed by atoms with van der Waals surface area (Å²) in [4.78, 5) is 17.8. The van der Waals surface area contributed by atoms with Crippen LogP contribution in [0.15, 0.2) is 49.2 Å². The van der Waals surface area contributed by atoms with Crippen LogP contribution >= 0.6 is 0 Å². The maximum atomic E-state index is 5.63. The van der Waals surface area contributed by atoms with E-state index in [-0.39, 0.29) is 0 Å². The Hall–Kier alpha value is -2.43. The van der Waals surface area contributed by atoms with Gasteiger partial charge in [-0.25, -0.2) is 15.0 Å². The minimum absolute atomic E-state index is 0.583. The number of hydrogen-bond donors (Lipinski definition) is 0. The van der Waals surface area contributed by atoms with Gasteiger partial charge >= 0.3 is 0 Å². The molecule has 0 bridgehead atoms. The molecule has 3 aromatic rings. The highest BCUT2D eigenvalue weighted by molar-refractivity contribution is 5.68. The zero-order valence-electron chi connectivity index (χ0n) is 9.73. The molecule has 0 radical (unpaired) electrons. The van der Waals surface area contributed by atoms with Gasteiger partial charge in [0.1, 0.15) is 24.8 Å². The van der Waals surface area contributed by atoms with Gasteiger partial charge in [0.05, 0.1) is 6.20 Å². The van der Waals surface area contributed by atoms with Crippen LogP contribution in [0.5, 0.6) is 0 Å². The maximum Gasteiger partial charge on any atom is 0.198 e. The SMILES string of the molecule is c1ccc(CCOn2cnc3cncnc32)cc1. The van der Waals surface area contributed by atoms with E-state index in [4.69, 9.17) is 4.84 Å². The average Bonchev–Trinajstić information content (AvgIpc) is 2.84. The van der Waals surface area contributed by atoms with Gasteiger partial charge in [-0.15, -0.1) is 0 Å². The summed E-state index contributed by atoms with van der Waals surface area (Å²) >= 11 is 0. The smallest absolute Gasteiger partial charge is 0.198 e. The predicted molar refractivity (Wildman–Crippen MR) is 66.9 cm³/mol. The van der Waals surface area contributed by atoms with Crippen LogP contribution in [0.25, 0.3) is 11.2 Å². The first-order valence-electron chi connectivity index (χ1n) is 5.74. The highest BCUT2D eigenvalue weighted by Gasteiger charge is 2.03. The quantitative estimate of drug-likeness (QED) is 0.693. The van der Waals surface area contributed by atoms with Crippen molar-refractivity contribution in [2.24, 2.45) is 0 Å². The lowest BCUT2D eigenvalue weighted by atomic mass is 10.2. The Morgan fingerprint density at radius 3 is 2.89 bits per heavy atom. The second-order valence-corrected chi connectivity index (χ2v) is 3.87. The Bertz CT molecular complexity index is 636. The number of benzene rings is 1. The Balaban J connectivity index is 1.67. The summed E-state index contributed by atoms with van der Waals surface area (Å²) in [5.74, 6) is 0. The van der Waals surface area contributed by atoms with Gasteiger partial charge in [-0.2, -0.15) is 4.73 Å². The van der Waals surface area contributed by atoms with Crippen molar-refractivity contribution in [1.29, 1.82) is 0 Å². The van der Waals surface area contributed by atoms with Gasteiger partial charge in [0.15, 0.2) is 5.65 Å². The van der Waals surface area contributed by atoms with Gasteiger partial charge in [-0.1, -0.05) is 30.3 Å². The van der Waals surface area contributed by atoms with Crippen LogP contribution in [0.3, 0.4) is 0 Å². The molecule has 0 atom stereocenters. The molecule has 2 heterocycles. The highest BCUT2D eigenvalue weighted by Crippen LogP contribution is 2.05. The van der Waals surface area contributed by atoms with Crippen molar-refractivity contribution in [2.75, 3.05) is 6.61 Å². The van der Waals surface area contributed by atoms with Crippen molar-refractivity contribution < 1.29 is 4.84 Å². The molecule has 90 valence electrons. The topological polar surface area (TPSA) is 52.8 Å². The van der Waals surface area contributed by atoms with Crippen LogP contribution < -0.4 is 4.84 Å². The molecule has 0 N–H and O–H groups in total. The minimum atomic E-state index is 0.583. The molecule has 18 heavy (non-hydrogen) atoms. The third-order valence-corrected chi connectivity index (χ3v) is 2.65. The number of imidazole rings is 1. The lowest BCUT2D eigenvalue weighted by molar-refractivity contribution is 0.120. The van der Waals surface area contributed by atoms with Crippen LogP contribution in [0, 0.1) is 0 Å². The van der Waals surface area contributed by atoms with E-state index in [0.29, 0.717) is 12.3 Å². The molecule has 0 saturated heterocycles. The summed E-state index contributed by atoms with van der Waals surface area (Å²) in [7, 11) is 0. The summed E-state index contributed by atoms with van der Waals surface area (Å²) in [5, 5.41) is 0. The van der Waals surface area contributed by atoms with Crippen LogP contribution in [-0.4, -0.2) is 26.3 Å². The third-order valence-electron chi connectivity index (χ3n) is 2.65. The molecule has 0 saturated carbocycles. The van der Waals surface area contributed by atoms with Crippen LogP contribution in [0.1, 0.15) is 5.56 Å². The largest absolute Gasteiger partial charge is 0.410 e. The molecule has 0 aliphatic heterocycles.